The normalized spacial score (nSPS) is 11.1. The van der Waals surface area contributed by atoms with E-state index in [0.717, 1.165) is 20.3 Å². The van der Waals surface area contributed by atoms with Crippen molar-refractivity contribution in [1.82, 2.24) is 15.2 Å². The largest absolute Gasteiger partial charge is 0.416 e. The number of nitrogen functional groups attached to an aromatic ring is 1. The van der Waals surface area contributed by atoms with E-state index in [1.807, 2.05) is 18.2 Å². The van der Waals surface area contributed by atoms with E-state index in [9.17, 15) is 0 Å². The van der Waals surface area contributed by atoms with Gasteiger partial charge in [-0.1, -0.05) is 0 Å². The zero-order chi connectivity index (χ0) is 13.4. The van der Waals surface area contributed by atoms with E-state index in [0.29, 0.717) is 16.8 Å². The monoisotopic (exact) mass is 336 g/mol. The summed E-state index contributed by atoms with van der Waals surface area (Å²) >= 11 is 4.77. The zero-order valence-corrected chi connectivity index (χ0v) is 12.3. The van der Waals surface area contributed by atoms with Crippen molar-refractivity contribution < 1.29 is 4.42 Å². The summed E-state index contributed by atoms with van der Waals surface area (Å²) in [5, 5.41) is 9.16. The summed E-state index contributed by atoms with van der Waals surface area (Å²) < 4.78 is 6.25. The van der Waals surface area contributed by atoms with E-state index in [1.165, 1.54) is 11.8 Å². The molecule has 0 fully saturated rings. The molecule has 0 spiro atoms. The molecule has 0 aliphatic rings. The van der Waals surface area contributed by atoms with E-state index in [-0.39, 0.29) is 0 Å². The molecule has 0 amide bonds. The van der Waals surface area contributed by atoms with Crippen LogP contribution in [0.25, 0.3) is 10.9 Å². The van der Waals surface area contributed by atoms with Crippen LogP contribution in [0.2, 0.25) is 0 Å². The minimum Gasteiger partial charge on any atom is -0.416 e. The van der Waals surface area contributed by atoms with Gasteiger partial charge in [-0.05, 0) is 45.9 Å². The van der Waals surface area contributed by atoms with Crippen LogP contribution in [0.3, 0.4) is 0 Å². The van der Waals surface area contributed by atoms with Crippen molar-refractivity contribution in [2.24, 2.45) is 0 Å². The summed E-state index contributed by atoms with van der Waals surface area (Å²) in [6, 6.07) is 5.70. The number of halogens is 1. The molecule has 2 heterocycles. The molecule has 19 heavy (non-hydrogen) atoms. The standard InChI is InChI=1S/C12H9BrN4OS/c1-6-16-17-12(18-6)19-10-3-2-9(14)8-4-7(13)5-15-11(8)10/h2-5H,14H2,1H3. The van der Waals surface area contributed by atoms with Crippen molar-refractivity contribution in [3.05, 3.63) is 34.8 Å². The molecule has 3 aromatic rings. The molecule has 0 atom stereocenters. The van der Waals surface area contributed by atoms with Gasteiger partial charge < -0.3 is 10.2 Å². The molecule has 1 aromatic carbocycles. The maximum Gasteiger partial charge on any atom is 0.281 e. The molecule has 2 N–H and O–H groups in total. The predicted molar refractivity (Wildman–Crippen MR) is 77.0 cm³/mol. The third-order valence-electron chi connectivity index (χ3n) is 2.52. The molecule has 0 bridgehead atoms. The van der Waals surface area contributed by atoms with E-state index < -0.39 is 0 Å². The summed E-state index contributed by atoms with van der Waals surface area (Å²) in [5.41, 5.74) is 7.48. The molecule has 0 unspecified atom stereocenters. The lowest BCUT2D eigenvalue weighted by Gasteiger charge is -2.06. The Morgan fingerprint density at radius 3 is 2.89 bits per heavy atom. The molecule has 7 heteroatoms. The second-order valence-corrected chi connectivity index (χ2v) is 5.80. The predicted octanol–water partition coefficient (Wildman–Crippen LogP) is 3.42. The van der Waals surface area contributed by atoms with Crippen LogP contribution in [0.1, 0.15) is 5.89 Å². The van der Waals surface area contributed by atoms with Gasteiger partial charge >= 0.3 is 0 Å². The molecule has 3 rings (SSSR count). The first-order valence-corrected chi connectivity index (χ1v) is 7.06. The minimum atomic E-state index is 0.494. The molecule has 0 saturated heterocycles. The van der Waals surface area contributed by atoms with Crippen LogP contribution in [0, 0.1) is 6.92 Å². The molecule has 0 aliphatic heterocycles. The van der Waals surface area contributed by atoms with Crippen LogP contribution in [0.15, 0.2) is 43.4 Å². The van der Waals surface area contributed by atoms with Crippen molar-refractivity contribution in [3.63, 3.8) is 0 Å². The Balaban J connectivity index is 2.11. The lowest BCUT2D eigenvalue weighted by Crippen LogP contribution is -1.90. The van der Waals surface area contributed by atoms with Crippen LogP contribution < -0.4 is 5.73 Å². The van der Waals surface area contributed by atoms with Crippen molar-refractivity contribution in [3.8, 4) is 0 Å². The number of nitrogens with zero attached hydrogens (tertiary/aromatic N) is 3. The van der Waals surface area contributed by atoms with Crippen molar-refractivity contribution in [2.75, 3.05) is 5.73 Å². The highest BCUT2D eigenvalue weighted by Crippen LogP contribution is 2.34. The van der Waals surface area contributed by atoms with Gasteiger partial charge in [-0.25, -0.2) is 0 Å². The molecule has 5 nitrogen and oxygen atoms in total. The van der Waals surface area contributed by atoms with Gasteiger partial charge in [-0.3, -0.25) is 4.98 Å². The van der Waals surface area contributed by atoms with Crippen molar-refractivity contribution in [2.45, 2.75) is 17.0 Å². The molecule has 0 aliphatic carbocycles. The smallest absolute Gasteiger partial charge is 0.281 e. The summed E-state index contributed by atoms with van der Waals surface area (Å²) in [6.07, 6.45) is 1.74. The van der Waals surface area contributed by atoms with E-state index >= 15 is 0 Å². The van der Waals surface area contributed by atoms with Crippen molar-refractivity contribution in [1.29, 1.82) is 0 Å². The van der Waals surface area contributed by atoms with Gasteiger partial charge in [0.15, 0.2) is 0 Å². The topological polar surface area (TPSA) is 77.8 Å². The van der Waals surface area contributed by atoms with Crippen LogP contribution in [0.5, 0.6) is 0 Å². The number of pyridine rings is 1. The minimum absolute atomic E-state index is 0.494. The Morgan fingerprint density at radius 1 is 1.32 bits per heavy atom. The number of aromatic nitrogens is 3. The first kappa shape index (κ1) is 12.4. The summed E-state index contributed by atoms with van der Waals surface area (Å²) in [6.45, 7) is 1.76. The molecular formula is C12H9BrN4OS. The Morgan fingerprint density at radius 2 is 2.16 bits per heavy atom. The first-order valence-electron chi connectivity index (χ1n) is 5.45. The molecule has 2 aromatic heterocycles. The van der Waals surface area contributed by atoms with Gasteiger partial charge in [0.1, 0.15) is 0 Å². The Hall–Kier alpha value is -1.60. The summed E-state index contributed by atoms with van der Waals surface area (Å²) in [5.74, 6) is 0.540. The highest BCUT2D eigenvalue weighted by molar-refractivity contribution is 9.10. The maximum atomic E-state index is 5.97. The lowest BCUT2D eigenvalue weighted by molar-refractivity contribution is 0.429. The number of anilines is 1. The van der Waals surface area contributed by atoms with Gasteiger partial charge in [0.25, 0.3) is 5.22 Å². The number of hydrogen-bond acceptors (Lipinski definition) is 6. The number of hydrogen-bond donors (Lipinski definition) is 1. The fraction of sp³-hybridized carbons (Fsp3) is 0.0833. The number of aryl methyl sites for hydroxylation is 1. The van der Waals surface area contributed by atoms with E-state index in [1.54, 1.807) is 13.1 Å². The Bertz CT molecular complexity index is 759. The van der Waals surface area contributed by atoms with Crippen molar-refractivity contribution >= 4 is 44.3 Å². The van der Waals surface area contributed by atoms with E-state index in [2.05, 4.69) is 31.1 Å². The summed E-state index contributed by atoms with van der Waals surface area (Å²) in [4.78, 5) is 5.34. The Labute approximate surface area is 121 Å². The summed E-state index contributed by atoms with van der Waals surface area (Å²) in [7, 11) is 0. The highest BCUT2D eigenvalue weighted by Gasteiger charge is 2.11. The lowest BCUT2D eigenvalue weighted by atomic mass is 10.2. The highest BCUT2D eigenvalue weighted by atomic mass is 79.9. The second-order valence-electron chi connectivity index (χ2n) is 3.89. The van der Waals surface area contributed by atoms with Crippen LogP contribution in [-0.4, -0.2) is 15.2 Å². The molecule has 96 valence electrons. The molecule has 0 radical (unpaired) electrons. The third-order valence-corrected chi connectivity index (χ3v) is 3.84. The fourth-order valence-corrected chi connectivity index (χ4v) is 2.84. The second kappa shape index (κ2) is 4.82. The SMILES string of the molecule is Cc1nnc(Sc2ccc(N)c3cc(Br)cnc23)o1. The van der Waals surface area contributed by atoms with Gasteiger partial charge in [0.05, 0.1) is 5.52 Å². The van der Waals surface area contributed by atoms with Crippen LogP contribution in [0.4, 0.5) is 5.69 Å². The average Bonchev–Trinajstić information content (AvgIpc) is 2.79. The number of rotatable bonds is 2. The third kappa shape index (κ3) is 2.43. The average molecular weight is 337 g/mol. The van der Waals surface area contributed by atoms with Crippen LogP contribution >= 0.6 is 27.7 Å². The van der Waals surface area contributed by atoms with Gasteiger partial charge in [0, 0.05) is 33.6 Å². The van der Waals surface area contributed by atoms with Gasteiger partial charge in [0.2, 0.25) is 5.89 Å². The number of nitrogens with two attached hydrogens (primary N) is 1. The first-order chi connectivity index (χ1) is 9.13. The quantitative estimate of drug-likeness (QED) is 0.722. The number of benzene rings is 1. The molecule has 0 saturated carbocycles. The van der Waals surface area contributed by atoms with Crippen LogP contribution in [-0.2, 0) is 0 Å². The van der Waals surface area contributed by atoms with Gasteiger partial charge in [-0.2, -0.15) is 0 Å². The maximum absolute atomic E-state index is 5.97. The molecular weight excluding hydrogens is 328 g/mol. The zero-order valence-electron chi connectivity index (χ0n) is 9.92. The fourth-order valence-electron chi connectivity index (χ4n) is 1.69. The van der Waals surface area contributed by atoms with E-state index in [4.69, 9.17) is 10.2 Å². The number of fused-ring (bicyclic) bond motifs is 1. The van der Waals surface area contributed by atoms with Gasteiger partial charge in [-0.15, -0.1) is 10.2 Å². The Kier molecular flexibility index (Phi) is 3.16.